The highest BCUT2D eigenvalue weighted by atomic mass is 32.2. The molecule has 33 heavy (non-hydrogen) atoms. The number of sulfonamides is 1. The molecule has 176 valence electrons. The van der Waals surface area contributed by atoms with Crippen molar-refractivity contribution in [1.82, 2.24) is 33.9 Å². The van der Waals surface area contributed by atoms with E-state index in [9.17, 15) is 17.6 Å². The van der Waals surface area contributed by atoms with E-state index in [-0.39, 0.29) is 42.7 Å². The average molecular weight is 495 g/mol. The first-order valence-corrected chi connectivity index (χ1v) is 12.5. The Morgan fingerprint density at radius 3 is 2.48 bits per heavy atom. The van der Waals surface area contributed by atoms with Gasteiger partial charge < -0.3 is 10.7 Å². The Hall–Kier alpha value is -2.97. The van der Waals surface area contributed by atoms with Gasteiger partial charge in [0.25, 0.3) is 5.95 Å². The molecule has 1 amide bonds. The summed E-state index contributed by atoms with van der Waals surface area (Å²) in [7, 11) is -3.96. The summed E-state index contributed by atoms with van der Waals surface area (Å²) >= 11 is 1.13. The van der Waals surface area contributed by atoms with E-state index in [4.69, 9.17) is 5.84 Å². The molecule has 3 heterocycles. The van der Waals surface area contributed by atoms with Gasteiger partial charge in [0.15, 0.2) is 0 Å². The number of nitrogen functional groups attached to an aromatic ring is 1. The number of rotatable bonds is 6. The van der Waals surface area contributed by atoms with Crippen LogP contribution in [0.15, 0.2) is 40.4 Å². The Morgan fingerprint density at radius 1 is 1.15 bits per heavy atom. The Balaban J connectivity index is 1.35. The van der Waals surface area contributed by atoms with Crippen molar-refractivity contribution in [2.75, 3.05) is 37.8 Å². The number of aromatic nitrogens is 5. The van der Waals surface area contributed by atoms with Crippen molar-refractivity contribution in [3.05, 3.63) is 47.5 Å². The van der Waals surface area contributed by atoms with Gasteiger partial charge in [0.1, 0.15) is 10.7 Å². The number of benzene rings is 1. The minimum Gasteiger partial charge on any atom is -0.339 e. The fraction of sp³-hybridized carbons (Fsp3) is 0.368. The Bertz CT molecular complexity index is 1280. The number of halogens is 1. The number of nitrogens with two attached hydrogens (primary N) is 1. The van der Waals surface area contributed by atoms with Gasteiger partial charge in [-0.25, -0.2) is 22.2 Å². The zero-order valence-corrected chi connectivity index (χ0v) is 19.7. The molecule has 0 spiro atoms. The lowest BCUT2D eigenvalue weighted by Crippen LogP contribution is -2.51. The first-order valence-electron chi connectivity index (χ1n) is 10.1. The molecule has 14 heteroatoms. The maximum absolute atomic E-state index is 14.0. The monoisotopic (exact) mass is 494 g/mol. The van der Waals surface area contributed by atoms with Crippen molar-refractivity contribution < 1.29 is 17.6 Å². The molecule has 2 aromatic heterocycles. The quantitative estimate of drug-likeness (QED) is 0.388. The van der Waals surface area contributed by atoms with Gasteiger partial charge >= 0.3 is 0 Å². The second-order valence-corrected chi connectivity index (χ2v) is 10.3. The molecule has 0 atom stereocenters. The lowest BCUT2D eigenvalue weighted by molar-refractivity contribution is -0.129. The van der Waals surface area contributed by atoms with Crippen LogP contribution in [0.4, 0.5) is 4.39 Å². The molecule has 1 fully saturated rings. The molecule has 0 unspecified atom stereocenters. The molecule has 0 bridgehead atoms. The highest BCUT2D eigenvalue weighted by molar-refractivity contribution is 7.99. The third kappa shape index (κ3) is 4.58. The Labute approximate surface area is 194 Å². The van der Waals surface area contributed by atoms with Crippen LogP contribution in [0.2, 0.25) is 0 Å². The summed E-state index contributed by atoms with van der Waals surface area (Å²) in [6, 6.07) is 7.15. The van der Waals surface area contributed by atoms with E-state index < -0.39 is 15.8 Å². The summed E-state index contributed by atoms with van der Waals surface area (Å²) < 4.78 is 43.4. The topological polar surface area (TPSA) is 132 Å². The molecular formula is C19H23FN8O3S2. The largest absolute Gasteiger partial charge is 0.339 e. The highest BCUT2D eigenvalue weighted by Crippen LogP contribution is 2.22. The van der Waals surface area contributed by atoms with Crippen molar-refractivity contribution in [2.45, 2.75) is 23.9 Å². The van der Waals surface area contributed by atoms with Gasteiger partial charge in [-0.05, 0) is 32.0 Å². The van der Waals surface area contributed by atoms with Gasteiger partial charge in [-0.15, -0.1) is 10.2 Å². The Kier molecular flexibility index (Phi) is 6.41. The van der Waals surface area contributed by atoms with Gasteiger partial charge in [0.2, 0.25) is 21.1 Å². The first kappa shape index (κ1) is 23.2. The molecule has 0 radical (unpaired) electrons. The summed E-state index contributed by atoms with van der Waals surface area (Å²) in [6.45, 7) is 4.32. The van der Waals surface area contributed by atoms with Gasteiger partial charge in [-0.3, -0.25) is 4.79 Å². The van der Waals surface area contributed by atoms with Gasteiger partial charge in [0.05, 0.1) is 11.4 Å². The predicted molar refractivity (Wildman–Crippen MR) is 119 cm³/mol. The normalized spacial score (nSPS) is 15.2. The molecule has 1 aromatic carbocycles. The number of hydrogen-bond donors (Lipinski definition) is 1. The van der Waals surface area contributed by atoms with Crippen LogP contribution >= 0.6 is 11.8 Å². The molecule has 2 N–H and O–H groups in total. The number of carbonyl (C=O) groups excluding carboxylic acids is 1. The van der Waals surface area contributed by atoms with Crippen LogP contribution < -0.4 is 5.84 Å². The van der Waals surface area contributed by atoms with E-state index >= 15 is 0 Å². The molecule has 11 nitrogen and oxygen atoms in total. The number of piperazine rings is 1. The smallest absolute Gasteiger partial charge is 0.271 e. The summed E-state index contributed by atoms with van der Waals surface area (Å²) in [5, 5.41) is 12.8. The van der Waals surface area contributed by atoms with Crippen LogP contribution in [0.3, 0.4) is 0 Å². The third-order valence-electron chi connectivity index (χ3n) is 5.22. The molecular weight excluding hydrogens is 471 g/mol. The van der Waals surface area contributed by atoms with Crippen molar-refractivity contribution in [2.24, 2.45) is 0 Å². The third-order valence-corrected chi connectivity index (χ3v) is 8.08. The predicted octanol–water partition coefficient (Wildman–Crippen LogP) is 0.559. The maximum Gasteiger partial charge on any atom is 0.271 e. The van der Waals surface area contributed by atoms with Crippen molar-refractivity contribution in [3.8, 4) is 5.95 Å². The zero-order chi connectivity index (χ0) is 23.8. The van der Waals surface area contributed by atoms with E-state index in [0.29, 0.717) is 11.1 Å². The van der Waals surface area contributed by atoms with E-state index in [1.807, 2.05) is 19.9 Å². The van der Waals surface area contributed by atoms with Gasteiger partial charge in [-0.2, -0.15) is 9.40 Å². The van der Waals surface area contributed by atoms with Crippen LogP contribution in [0.1, 0.15) is 11.4 Å². The van der Waals surface area contributed by atoms with Crippen molar-refractivity contribution in [1.29, 1.82) is 0 Å². The van der Waals surface area contributed by atoms with Crippen LogP contribution in [0.5, 0.6) is 0 Å². The fourth-order valence-electron chi connectivity index (χ4n) is 3.53. The Morgan fingerprint density at radius 2 is 1.85 bits per heavy atom. The lowest BCUT2D eigenvalue weighted by Gasteiger charge is -2.34. The molecule has 0 aliphatic carbocycles. The van der Waals surface area contributed by atoms with Crippen LogP contribution in [-0.2, 0) is 14.8 Å². The number of nitrogens with zero attached hydrogens (tertiary/aromatic N) is 7. The minimum atomic E-state index is -3.96. The SMILES string of the molecule is Cc1cc(C)n(-c2nnc(SCC(=O)N3CCN(S(=O)(=O)c4ccccc4F)CC3)n2N)n1. The first-order chi connectivity index (χ1) is 15.7. The number of carbonyl (C=O) groups is 1. The number of amides is 1. The van der Waals surface area contributed by atoms with Crippen molar-refractivity contribution in [3.63, 3.8) is 0 Å². The van der Waals surface area contributed by atoms with E-state index in [0.717, 1.165) is 29.2 Å². The summed E-state index contributed by atoms with van der Waals surface area (Å²) in [6.07, 6.45) is 0. The second-order valence-electron chi connectivity index (χ2n) is 7.50. The van der Waals surface area contributed by atoms with Crippen LogP contribution in [-0.4, -0.2) is 80.1 Å². The standard InChI is InChI=1S/C19H23FN8O3S2/c1-13-11-14(2)28(24-13)18-22-23-19(27(18)21)32-12-17(29)25-7-9-26(10-8-25)33(30,31)16-6-4-3-5-15(16)20/h3-6,11H,7-10,12,21H2,1-2H3. The fourth-order valence-corrected chi connectivity index (χ4v) is 5.77. The minimum absolute atomic E-state index is 0.0620. The molecule has 1 aliphatic rings. The van der Waals surface area contributed by atoms with Gasteiger partial charge in [-0.1, -0.05) is 23.9 Å². The summed E-state index contributed by atoms with van der Waals surface area (Å²) in [5.41, 5.74) is 1.67. The second kappa shape index (κ2) is 9.11. The van der Waals surface area contributed by atoms with Gasteiger partial charge in [0, 0.05) is 31.9 Å². The van der Waals surface area contributed by atoms with Crippen molar-refractivity contribution >= 4 is 27.7 Å². The van der Waals surface area contributed by atoms with E-state index in [1.165, 1.54) is 27.2 Å². The van der Waals surface area contributed by atoms with E-state index in [1.54, 1.807) is 9.58 Å². The number of aryl methyl sites for hydroxylation is 2. The molecule has 1 aliphatic heterocycles. The lowest BCUT2D eigenvalue weighted by atomic mass is 10.3. The molecule has 3 aromatic rings. The molecule has 0 saturated carbocycles. The van der Waals surface area contributed by atoms with E-state index in [2.05, 4.69) is 15.3 Å². The summed E-state index contributed by atoms with van der Waals surface area (Å²) in [4.78, 5) is 13.9. The molecule has 1 saturated heterocycles. The highest BCUT2D eigenvalue weighted by Gasteiger charge is 2.31. The number of thioether (sulfide) groups is 1. The average Bonchev–Trinajstić information content (AvgIpc) is 3.32. The van der Waals surface area contributed by atoms with Crippen LogP contribution in [0, 0.1) is 19.7 Å². The zero-order valence-electron chi connectivity index (χ0n) is 18.0. The molecule has 4 rings (SSSR count). The number of hydrogen-bond acceptors (Lipinski definition) is 8. The van der Waals surface area contributed by atoms with Crippen LogP contribution in [0.25, 0.3) is 5.95 Å². The maximum atomic E-state index is 14.0. The summed E-state index contributed by atoms with van der Waals surface area (Å²) in [5.74, 6) is 5.52.